The van der Waals surface area contributed by atoms with Gasteiger partial charge < -0.3 is 9.47 Å². The average Bonchev–Trinajstić information content (AvgIpc) is 3.15. The molecule has 0 aliphatic carbocycles. The fourth-order valence-corrected chi connectivity index (χ4v) is 3.31. The van der Waals surface area contributed by atoms with Crippen LogP contribution < -0.4 is 0 Å². The second kappa shape index (κ2) is 6.25. The number of hydrogen-bond acceptors (Lipinski definition) is 3. The Balaban J connectivity index is 1.76. The van der Waals surface area contributed by atoms with Gasteiger partial charge >= 0.3 is 6.03 Å². The Morgan fingerprint density at radius 2 is 1.85 bits per heavy atom. The lowest BCUT2D eigenvalue weighted by Crippen LogP contribution is -2.37. The molecule has 6 nitrogen and oxygen atoms in total. The van der Waals surface area contributed by atoms with Gasteiger partial charge in [-0.05, 0) is 29.8 Å². The Labute approximate surface area is 149 Å². The predicted molar refractivity (Wildman–Crippen MR) is 93.7 cm³/mol. The van der Waals surface area contributed by atoms with Crippen LogP contribution in [0.2, 0.25) is 0 Å². The number of carbonyl (C=O) groups is 2. The van der Waals surface area contributed by atoms with E-state index in [-0.39, 0.29) is 24.3 Å². The lowest BCUT2D eigenvalue weighted by molar-refractivity contribution is -0.127. The number of imide groups is 1. The number of halogens is 1. The van der Waals surface area contributed by atoms with Crippen molar-refractivity contribution >= 4 is 23.0 Å². The second-order valence-electron chi connectivity index (χ2n) is 6.36. The van der Waals surface area contributed by atoms with Crippen LogP contribution in [0.3, 0.4) is 0 Å². The maximum Gasteiger partial charge on any atom is 0.327 e. The van der Waals surface area contributed by atoms with Gasteiger partial charge in [-0.2, -0.15) is 0 Å². The number of para-hydroxylation sites is 2. The van der Waals surface area contributed by atoms with Crippen LogP contribution in [0.5, 0.6) is 0 Å². The number of amides is 3. The number of carbonyl (C=O) groups excluding carboxylic acids is 2. The smallest absolute Gasteiger partial charge is 0.327 e. The standard InChI is InChI=1S/C19H17FN4O2/c1-22-11-18(25)24(19(22)26)17(13-6-8-14(20)9-7-13)10-23-12-21-15-4-2-3-5-16(15)23/h2-9,12,17H,10-11H2,1H3. The van der Waals surface area contributed by atoms with E-state index in [1.807, 2.05) is 28.8 Å². The third-order valence-corrected chi connectivity index (χ3v) is 4.64. The number of likely N-dealkylation sites (N-methyl/N-ethyl adjacent to an activating group) is 1. The fraction of sp³-hybridized carbons (Fsp3) is 0.211. The third-order valence-electron chi connectivity index (χ3n) is 4.64. The summed E-state index contributed by atoms with van der Waals surface area (Å²) in [4.78, 5) is 32.0. The van der Waals surface area contributed by atoms with Crippen molar-refractivity contribution in [3.8, 4) is 0 Å². The molecule has 1 aliphatic rings. The van der Waals surface area contributed by atoms with E-state index in [1.165, 1.54) is 21.9 Å². The highest BCUT2D eigenvalue weighted by Gasteiger charge is 2.39. The number of urea groups is 1. The highest BCUT2D eigenvalue weighted by molar-refractivity contribution is 6.02. The molecule has 1 unspecified atom stereocenters. The van der Waals surface area contributed by atoms with E-state index in [2.05, 4.69) is 4.98 Å². The summed E-state index contributed by atoms with van der Waals surface area (Å²) in [5.74, 6) is -0.631. The summed E-state index contributed by atoms with van der Waals surface area (Å²) in [5.41, 5.74) is 2.44. The zero-order valence-corrected chi connectivity index (χ0v) is 14.2. The maximum absolute atomic E-state index is 13.4. The van der Waals surface area contributed by atoms with Gasteiger partial charge in [0.25, 0.3) is 5.91 Å². The van der Waals surface area contributed by atoms with Crippen molar-refractivity contribution in [3.05, 3.63) is 66.2 Å². The molecule has 0 radical (unpaired) electrons. The lowest BCUT2D eigenvalue weighted by Gasteiger charge is -2.27. The van der Waals surface area contributed by atoms with Crippen molar-refractivity contribution in [3.63, 3.8) is 0 Å². The van der Waals surface area contributed by atoms with Gasteiger partial charge in [0.15, 0.2) is 0 Å². The van der Waals surface area contributed by atoms with Crippen LogP contribution in [0.15, 0.2) is 54.9 Å². The summed E-state index contributed by atoms with van der Waals surface area (Å²) in [5, 5.41) is 0. The van der Waals surface area contributed by atoms with E-state index in [1.54, 1.807) is 25.5 Å². The Morgan fingerprint density at radius 3 is 2.54 bits per heavy atom. The summed E-state index contributed by atoms with van der Waals surface area (Å²) in [6.45, 7) is 0.388. The SMILES string of the molecule is CN1CC(=O)N(C(Cn2cnc3ccccc32)c2ccc(F)cc2)C1=O. The van der Waals surface area contributed by atoms with Gasteiger partial charge in [-0.25, -0.2) is 14.2 Å². The molecule has 0 spiro atoms. The number of aromatic nitrogens is 2. The molecule has 0 bridgehead atoms. The predicted octanol–water partition coefficient (Wildman–Crippen LogP) is 2.81. The van der Waals surface area contributed by atoms with Crippen LogP contribution in [0, 0.1) is 5.82 Å². The summed E-state index contributed by atoms with van der Waals surface area (Å²) >= 11 is 0. The number of rotatable bonds is 4. The second-order valence-corrected chi connectivity index (χ2v) is 6.36. The van der Waals surface area contributed by atoms with Crippen molar-refractivity contribution < 1.29 is 14.0 Å². The zero-order chi connectivity index (χ0) is 18.3. The van der Waals surface area contributed by atoms with Gasteiger partial charge in [-0.3, -0.25) is 9.69 Å². The van der Waals surface area contributed by atoms with Crippen LogP contribution in [0.4, 0.5) is 9.18 Å². The highest BCUT2D eigenvalue weighted by atomic mass is 19.1. The minimum absolute atomic E-state index is 0.0429. The van der Waals surface area contributed by atoms with E-state index in [0.717, 1.165) is 11.0 Å². The first kappa shape index (κ1) is 16.3. The largest absolute Gasteiger partial charge is 0.328 e. The first-order chi connectivity index (χ1) is 12.5. The van der Waals surface area contributed by atoms with Crippen molar-refractivity contribution in [1.82, 2.24) is 19.4 Å². The van der Waals surface area contributed by atoms with Crippen LogP contribution in [-0.4, -0.2) is 44.9 Å². The Hall–Kier alpha value is -3.22. The van der Waals surface area contributed by atoms with Gasteiger partial charge in [0.2, 0.25) is 0 Å². The molecule has 132 valence electrons. The van der Waals surface area contributed by atoms with Gasteiger partial charge in [0.1, 0.15) is 12.4 Å². The van der Waals surface area contributed by atoms with E-state index in [4.69, 9.17) is 0 Å². The monoisotopic (exact) mass is 352 g/mol. The molecule has 4 rings (SSSR count). The number of hydrogen-bond donors (Lipinski definition) is 0. The number of imidazole rings is 1. The van der Waals surface area contributed by atoms with E-state index < -0.39 is 6.04 Å². The summed E-state index contributed by atoms with van der Waals surface area (Å²) in [7, 11) is 1.59. The van der Waals surface area contributed by atoms with E-state index in [9.17, 15) is 14.0 Å². The molecule has 1 atom stereocenters. The van der Waals surface area contributed by atoms with Crippen molar-refractivity contribution in [2.75, 3.05) is 13.6 Å². The first-order valence-corrected chi connectivity index (χ1v) is 8.27. The van der Waals surface area contributed by atoms with E-state index >= 15 is 0 Å². The van der Waals surface area contributed by atoms with Crippen LogP contribution >= 0.6 is 0 Å². The molecule has 2 aromatic carbocycles. The molecule has 0 saturated carbocycles. The molecule has 3 amide bonds. The average molecular weight is 352 g/mol. The molecular formula is C19H17FN4O2. The van der Waals surface area contributed by atoms with Crippen LogP contribution in [-0.2, 0) is 11.3 Å². The van der Waals surface area contributed by atoms with Crippen LogP contribution in [0.1, 0.15) is 11.6 Å². The molecule has 0 N–H and O–H groups in total. The first-order valence-electron chi connectivity index (χ1n) is 8.27. The lowest BCUT2D eigenvalue weighted by atomic mass is 10.1. The molecule has 7 heteroatoms. The van der Waals surface area contributed by atoms with Gasteiger partial charge in [0.05, 0.1) is 23.4 Å². The van der Waals surface area contributed by atoms with Gasteiger partial charge in [-0.1, -0.05) is 24.3 Å². The summed E-state index contributed by atoms with van der Waals surface area (Å²) in [6, 6.07) is 12.6. The Morgan fingerprint density at radius 1 is 1.12 bits per heavy atom. The molecule has 1 aromatic heterocycles. The van der Waals surface area contributed by atoms with Crippen LogP contribution in [0.25, 0.3) is 11.0 Å². The molecule has 1 fully saturated rings. The van der Waals surface area contributed by atoms with Crippen molar-refractivity contribution in [2.24, 2.45) is 0 Å². The normalized spacial score (nSPS) is 15.9. The molecular weight excluding hydrogens is 335 g/mol. The minimum Gasteiger partial charge on any atom is -0.328 e. The van der Waals surface area contributed by atoms with Crippen molar-refractivity contribution in [1.29, 1.82) is 0 Å². The summed E-state index contributed by atoms with van der Waals surface area (Å²) in [6.07, 6.45) is 1.69. The maximum atomic E-state index is 13.4. The topological polar surface area (TPSA) is 58.4 Å². The number of nitrogens with zero attached hydrogens (tertiary/aromatic N) is 4. The van der Waals surface area contributed by atoms with Gasteiger partial charge in [-0.15, -0.1) is 0 Å². The molecule has 1 saturated heterocycles. The zero-order valence-electron chi connectivity index (χ0n) is 14.2. The molecule has 1 aliphatic heterocycles. The fourth-order valence-electron chi connectivity index (χ4n) is 3.31. The molecule has 3 aromatic rings. The Kier molecular flexibility index (Phi) is 3.91. The third kappa shape index (κ3) is 2.71. The van der Waals surface area contributed by atoms with E-state index in [0.29, 0.717) is 12.1 Å². The highest BCUT2D eigenvalue weighted by Crippen LogP contribution is 2.28. The van der Waals surface area contributed by atoms with Gasteiger partial charge in [0, 0.05) is 13.6 Å². The Bertz CT molecular complexity index is 983. The summed E-state index contributed by atoms with van der Waals surface area (Å²) < 4.78 is 15.3. The van der Waals surface area contributed by atoms with Crippen molar-refractivity contribution in [2.45, 2.75) is 12.6 Å². The number of fused-ring (bicyclic) bond motifs is 1. The molecule has 2 heterocycles. The number of benzene rings is 2. The minimum atomic E-state index is -0.543. The quantitative estimate of drug-likeness (QED) is 0.679. The molecule has 26 heavy (non-hydrogen) atoms.